The van der Waals surface area contributed by atoms with Crippen LogP contribution in [0.3, 0.4) is 0 Å². The van der Waals surface area contributed by atoms with Crippen molar-refractivity contribution < 1.29 is 0 Å². The Hall–Kier alpha value is -0.0800. The van der Waals surface area contributed by atoms with Gasteiger partial charge in [-0.05, 0) is 33.2 Å². The first-order chi connectivity index (χ1) is 7.65. The largest absolute Gasteiger partial charge is 0.313 e. The summed E-state index contributed by atoms with van der Waals surface area (Å²) in [6, 6.07) is 1.44. The van der Waals surface area contributed by atoms with Gasteiger partial charge in [-0.1, -0.05) is 33.6 Å². The van der Waals surface area contributed by atoms with Crippen LogP contribution in [-0.2, 0) is 0 Å². The fraction of sp³-hybridized carbons (Fsp3) is 1.00. The highest BCUT2D eigenvalue weighted by atomic mass is 15.1. The van der Waals surface area contributed by atoms with Crippen molar-refractivity contribution in [1.82, 2.24) is 10.2 Å². The minimum Gasteiger partial charge on any atom is -0.313 e. The predicted molar refractivity (Wildman–Crippen MR) is 74.0 cm³/mol. The molecule has 16 heavy (non-hydrogen) atoms. The summed E-state index contributed by atoms with van der Waals surface area (Å²) in [5.74, 6) is 0. The maximum atomic E-state index is 3.69. The summed E-state index contributed by atoms with van der Waals surface area (Å²) in [5.41, 5.74) is 0. The summed E-state index contributed by atoms with van der Waals surface area (Å²) >= 11 is 0. The van der Waals surface area contributed by atoms with Gasteiger partial charge in [-0.15, -0.1) is 0 Å². The van der Waals surface area contributed by atoms with Crippen LogP contribution in [0.1, 0.15) is 59.8 Å². The van der Waals surface area contributed by atoms with Crippen LogP contribution in [0.15, 0.2) is 0 Å². The minimum absolute atomic E-state index is 0.706. The highest BCUT2D eigenvalue weighted by molar-refractivity contribution is 4.68. The molecule has 0 saturated heterocycles. The molecule has 0 spiro atoms. The highest BCUT2D eigenvalue weighted by Gasteiger charge is 2.08. The van der Waals surface area contributed by atoms with E-state index in [2.05, 4.69) is 45.0 Å². The van der Waals surface area contributed by atoms with E-state index in [1.54, 1.807) is 0 Å². The number of hydrogen-bond acceptors (Lipinski definition) is 2. The zero-order valence-corrected chi connectivity index (χ0v) is 12.1. The van der Waals surface area contributed by atoms with Crippen LogP contribution < -0.4 is 5.32 Å². The minimum atomic E-state index is 0.706. The first kappa shape index (κ1) is 15.9. The maximum absolute atomic E-state index is 3.69. The second kappa shape index (κ2) is 10.1. The number of likely N-dealkylation sites (N-methyl/N-ethyl adjacent to an activating group) is 1. The molecule has 1 atom stereocenters. The molecule has 0 aromatic carbocycles. The lowest BCUT2D eigenvalue weighted by atomic mass is 10.1. The van der Waals surface area contributed by atoms with Crippen molar-refractivity contribution in [2.45, 2.75) is 71.9 Å². The van der Waals surface area contributed by atoms with Gasteiger partial charge in [0.15, 0.2) is 0 Å². The lowest BCUT2D eigenvalue weighted by molar-refractivity contribution is 0.246. The molecule has 1 unspecified atom stereocenters. The average Bonchev–Trinajstić information content (AvgIpc) is 2.28. The van der Waals surface area contributed by atoms with Crippen LogP contribution in [0.2, 0.25) is 0 Å². The van der Waals surface area contributed by atoms with Crippen LogP contribution in [0.25, 0.3) is 0 Å². The number of nitrogens with one attached hydrogen (secondary N) is 1. The van der Waals surface area contributed by atoms with Crippen molar-refractivity contribution in [3.8, 4) is 0 Å². The van der Waals surface area contributed by atoms with E-state index in [9.17, 15) is 0 Å². The summed E-state index contributed by atoms with van der Waals surface area (Å²) in [7, 11) is 2.23. The summed E-state index contributed by atoms with van der Waals surface area (Å²) in [6.07, 6.45) is 6.46. The van der Waals surface area contributed by atoms with Gasteiger partial charge in [-0.2, -0.15) is 0 Å². The molecule has 0 aromatic rings. The molecule has 0 radical (unpaired) electrons. The van der Waals surface area contributed by atoms with E-state index >= 15 is 0 Å². The Labute approximate surface area is 103 Å². The van der Waals surface area contributed by atoms with Gasteiger partial charge in [0, 0.05) is 25.2 Å². The Kier molecular flexibility index (Phi) is 10.0. The van der Waals surface area contributed by atoms with E-state index in [0.29, 0.717) is 6.04 Å². The summed E-state index contributed by atoms with van der Waals surface area (Å²) in [6.45, 7) is 11.4. The zero-order chi connectivity index (χ0) is 12.4. The second-order valence-corrected chi connectivity index (χ2v) is 4.97. The van der Waals surface area contributed by atoms with Gasteiger partial charge >= 0.3 is 0 Å². The number of rotatable bonds is 10. The Balaban J connectivity index is 3.67. The average molecular weight is 228 g/mol. The molecule has 0 aromatic heterocycles. The summed E-state index contributed by atoms with van der Waals surface area (Å²) < 4.78 is 0. The van der Waals surface area contributed by atoms with Gasteiger partial charge in [0.05, 0.1) is 0 Å². The van der Waals surface area contributed by atoms with E-state index in [4.69, 9.17) is 0 Å². The van der Waals surface area contributed by atoms with Gasteiger partial charge < -0.3 is 10.2 Å². The van der Waals surface area contributed by atoms with E-state index in [1.165, 1.54) is 38.6 Å². The van der Waals surface area contributed by atoms with Crippen molar-refractivity contribution in [2.24, 2.45) is 0 Å². The Morgan fingerprint density at radius 2 is 1.62 bits per heavy atom. The normalized spacial score (nSPS) is 13.7. The van der Waals surface area contributed by atoms with Gasteiger partial charge in [0.1, 0.15) is 0 Å². The summed E-state index contributed by atoms with van der Waals surface area (Å²) in [4.78, 5) is 2.45. The lowest BCUT2D eigenvalue weighted by Gasteiger charge is -2.25. The molecule has 0 amide bonds. The smallest absolute Gasteiger partial charge is 0.0107 e. The zero-order valence-electron chi connectivity index (χ0n) is 12.1. The maximum Gasteiger partial charge on any atom is 0.0107 e. The van der Waals surface area contributed by atoms with Gasteiger partial charge in [0.2, 0.25) is 0 Å². The van der Waals surface area contributed by atoms with E-state index < -0.39 is 0 Å². The third-order valence-corrected chi connectivity index (χ3v) is 3.52. The number of hydrogen-bond donors (Lipinski definition) is 1. The Morgan fingerprint density at radius 1 is 1.06 bits per heavy atom. The fourth-order valence-corrected chi connectivity index (χ4v) is 2.02. The Bertz CT molecular complexity index is 142. The monoisotopic (exact) mass is 228 g/mol. The van der Waals surface area contributed by atoms with Crippen LogP contribution >= 0.6 is 0 Å². The molecule has 0 aliphatic heterocycles. The molecule has 0 fully saturated rings. The van der Waals surface area contributed by atoms with Gasteiger partial charge in [-0.3, -0.25) is 0 Å². The van der Waals surface area contributed by atoms with Crippen LogP contribution in [0, 0.1) is 0 Å². The van der Waals surface area contributed by atoms with E-state index in [-0.39, 0.29) is 0 Å². The Morgan fingerprint density at radius 3 is 2.06 bits per heavy atom. The second-order valence-electron chi connectivity index (χ2n) is 4.97. The van der Waals surface area contributed by atoms with Crippen molar-refractivity contribution in [2.75, 3.05) is 20.1 Å². The van der Waals surface area contributed by atoms with Gasteiger partial charge in [-0.25, -0.2) is 0 Å². The molecule has 2 heteroatoms. The quantitative estimate of drug-likeness (QED) is 0.617. The topological polar surface area (TPSA) is 15.3 Å². The third-order valence-electron chi connectivity index (χ3n) is 3.52. The van der Waals surface area contributed by atoms with Gasteiger partial charge in [0.25, 0.3) is 0 Å². The SMILES string of the molecule is CCCC(CCC)NCCN(C)C(C)CC. The first-order valence-corrected chi connectivity index (χ1v) is 7.09. The predicted octanol–water partition coefficient (Wildman–Crippen LogP) is 3.28. The molecule has 0 heterocycles. The molecular formula is C14H32N2. The first-order valence-electron chi connectivity index (χ1n) is 7.09. The third kappa shape index (κ3) is 7.24. The van der Waals surface area contributed by atoms with Crippen molar-refractivity contribution >= 4 is 0 Å². The van der Waals surface area contributed by atoms with Crippen LogP contribution in [-0.4, -0.2) is 37.1 Å². The van der Waals surface area contributed by atoms with Crippen molar-refractivity contribution in [1.29, 1.82) is 0 Å². The highest BCUT2D eigenvalue weighted by Crippen LogP contribution is 2.04. The van der Waals surface area contributed by atoms with E-state index in [1.807, 2.05) is 0 Å². The van der Waals surface area contributed by atoms with Crippen LogP contribution in [0.4, 0.5) is 0 Å². The molecule has 2 nitrogen and oxygen atoms in total. The molecule has 0 saturated carbocycles. The lowest BCUT2D eigenvalue weighted by Crippen LogP contribution is -2.38. The van der Waals surface area contributed by atoms with Crippen molar-refractivity contribution in [3.63, 3.8) is 0 Å². The molecule has 0 aliphatic carbocycles. The molecule has 98 valence electrons. The van der Waals surface area contributed by atoms with Crippen molar-refractivity contribution in [3.05, 3.63) is 0 Å². The molecule has 0 aliphatic rings. The standard InChI is InChI=1S/C14H32N2/c1-6-9-14(10-7-2)15-11-12-16(5)13(4)8-3/h13-15H,6-12H2,1-5H3. The molecule has 0 bridgehead atoms. The van der Waals surface area contributed by atoms with Crippen LogP contribution in [0.5, 0.6) is 0 Å². The molecule has 0 rings (SSSR count). The fourth-order valence-electron chi connectivity index (χ4n) is 2.02. The number of nitrogens with zero attached hydrogens (tertiary/aromatic N) is 1. The molecule has 1 N–H and O–H groups in total. The van der Waals surface area contributed by atoms with E-state index in [0.717, 1.165) is 12.6 Å². The molecular weight excluding hydrogens is 196 g/mol. The summed E-state index contributed by atoms with van der Waals surface area (Å²) in [5, 5.41) is 3.69.